The van der Waals surface area contributed by atoms with Crippen molar-refractivity contribution in [2.24, 2.45) is 4.99 Å². The number of phenolic OH excluding ortho intramolecular Hbond substituents is 2. The third-order valence-electron chi connectivity index (χ3n) is 7.76. The Kier molecular flexibility index (Phi) is 9.89. The van der Waals surface area contributed by atoms with Gasteiger partial charge in [0.25, 0.3) is 5.91 Å². The number of unbranched alkanes of at least 4 members (excludes halogenated alkanes) is 2. The molecule has 3 aromatic rings. The summed E-state index contributed by atoms with van der Waals surface area (Å²) in [6.07, 6.45) is 2.17. The maximum absolute atomic E-state index is 13.2. The lowest BCUT2D eigenvalue weighted by Crippen LogP contribution is -2.47. The second-order valence-electron chi connectivity index (χ2n) is 10.8. The molecule has 232 valence electrons. The van der Waals surface area contributed by atoms with Crippen LogP contribution in [0.5, 0.6) is 17.2 Å². The Bertz CT molecular complexity index is 1530. The molecule has 2 heterocycles. The van der Waals surface area contributed by atoms with Crippen molar-refractivity contribution < 1.29 is 24.5 Å². The zero-order valence-electron chi connectivity index (χ0n) is 24.6. The van der Waals surface area contributed by atoms with Crippen LogP contribution in [0.2, 0.25) is 5.02 Å². The highest BCUT2D eigenvalue weighted by atomic mass is 35.5. The number of aliphatic imine (C=N–C) groups is 1. The number of aromatic hydroxyl groups is 2. The number of ether oxygens (including phenoxy) is 1. The molecule has 3 aromatic carbocycles. The molecule has 3 unspecified atom stereocenters. The van der Waals surface area contributed by atoms with E-state index < -0.39 is 6.04 Å². The van der Waals surface area contributed by atoms with Gasteiger partial charge >= 0.3 is 0 Å². The van der Waals surface area contributed by atoms with Crippen LogP contribution in [0.3, 0.4) is 0 Å². The van der Waals surface area contributed by atoms with E-state index in [0.717, 1.165) is 41.8 Å². The van der Waals surface area contributed by atoms with Crippen molar-refractivity contribution in [2.75, 3.05) is 25.1 Å². The lowest BCUT2D eigenvalue weighted by molar-refractivity contribution is -0.121. The number of carbonyl (C=O) groups is 2. The summed E-state index contributed by atoms with van der Waals surface area (Å²) < 4.78 is 5.55. The standard InChI is InChI=1S/C32H37ClN6O5/c1-19-37-38-31-25(18-29(42)34-14-4-3-5-15-35-32(43)21-8-13-27(40)28(41)16-21)36-30(20-6-9-22(33)10-7-20)24-17-23(44-2)11-12-26(24)39(19)31/h6-13,16-17,19,25,31,37-38,40-41H,3-5,14-15,18H2,1-2H3,(H,34,42)(H,35,43). The Balaban J connectivity index is 1.20. The van der Waals surface area contributed by atoms with Crippen molar-refractivity contribution >= 4 is 34.8 Å². The first-order valence-electron chi connectivity index (χ1n) is 14.6. The molecule has 0 saturated carbocycles. The van der Waals surface area contributed by atoms with Gasteiger partial charge in [0, 0.05) is 40.5 Å². The average Bonchev–Trinajstić information content (AvgIpc) is 3.34. The molecule has 1 fully saturated rings. The maximum Gasteiger partial charge on any atom is 0.251 e. The fourth-order valence-electron chi connectivity index (χ4n) is 5.47. The Hall–Kier alpha value is -4.32. The number of benzene rings is 3. The van der Waals surface area contributed by atoms with Gasteiger partial charge in [-0.2, -0.15) is 0 Å². The van der Waals surface area contributed by atoms with Crippen LogP contribution >= 0.6 is 11.6 Å². The number of nitrogens with one attached hydrogen (secondary N) is 4. The minimum absolute atomic E-state index is 0.0438. The monoisotopic (exact) mass is 620 g/mol. The van der Waals surface area contributed by atoms with Gasteiger partial charge < -0.3 is 30.5 Å². The number of halogens is 1. The Morgan fingerprint density at radius 3 is 2.43 bits per heavy atom. The van der Waals surface area contributed by atoms with Crippen molar-refractivity contribution in [3.63, 3.8) is 0 Å². The zero-order valence-corrected chi connectivity index (χ0v) is 25.4. The largest absolute Gasteiger partial charge is 0.504 e. The number of rotatable bonds is 11. The minimum Gasteiger partial charge on any atom is -0.504 e. The molecule has 6 N–H and O–H groups in total. The number of hydrogen-bond donors (Lipinski definition) is 6. The molecule has 44 heavy (non-hydrogen) atoms. The van der Waals surface area contributed by atoms with E-state index in [1.54, 1.807) is 7.11 Å². The van der Waals surface area contributed by atoms with Gasteiger partial charge in [0.2, 0.25) is 5.91 Å². The third-order valence-corrected chi connectivity index (χ3v) is 8.02. The summed E-state index contributed by atoms with van der Waals surface area (Å²) in [5, 5.41) is 25.4. The predicted molar refractivity (Wildman–Crippen MR) is 169 cm³/mol. The van der Waals surface area contributed by atoms with Crippen molar-refractivity contribution in [3.8, 4) is 17.2 Å². The molecule has 0 radical (unpaired) electrons. The fraction of sp³-hybridized carbons (Fsp3) is 0.344. The number of hydrazine groups is 1. The first-order valence-corrected chi connectivity index (χ1v) is 15.0. The Morgan fingerprint density at radius 2 is 1.70 bits per heavy atom. The van der Waals surface area contributed by atoms with E-state index in [9.17, 15) is 19.8 Å². The summed E-state index contributed by atoms with van der Waals surface area (Å²) in [6.45, 7) is 3.02. The molecule has 2 aliphatic heterocycles. The van der Waals surface area contributed by atoms with E-state index >= 15 is 0 Å². The van der Waals surface area contributed by atoms with E-state index in [1.807, 2.05) is 42.5 Å². The summed E-state index contributed by atoms with van der Waals surface area (Å²) >= 11 is 6.19. The topological polar surface area (TPSA) is 148 Å². The molecule has 3 atom stereocenters. The molecular weight excluding hydrogens is 584 g/mol. The molecule has 0 aliphatic carbocycles. The first kappa shape index (κ1) is 31.1. The third kappa shape index (κ3) is 7.07. The molecule has 5 rings (SSSR count). The van der Waals surface area contributed by atoms with Gasteiger partial charge in [-0.05, 0) is 74.7 Å². The highest BCUT2D eigenvalue weighted by Crippen LogP contribution is 2.36. The van der Waals surface area contributed by atoms with Gasteiger partial charge in [-0.15, -0.1) is 0 Å². The Labute approximate surface area is 261 Å². The molecule has 0 spiro atoms. The van der Waals surface area contributed by atoms with Crippen LogP contribution in [0.4, 0.5) is 5.69 Å². The number of phenols is 2. The van der Waals surface area contributed by atoms with Crippen LogP contribution in [0.15, 0.2) is 65.7 Å². The quantitative estimate of drug-likeness (QED) is 0.141. The fourth-order valence-corrected chi connectivity index (χ4v) is 5.60. The van der Waals surface area contributed by atoms with Crippen molar-refractivity contribution in [3.05, 3.63) is 82.4 Å². The number of nitrogens with zero attached hydrogens (tertiary/aromatic N) is 2. The van der Waals surface area contributed by atoms with Crippen LogP contribution in [0, 0.1) is 0 Å². The lowest BCUT2D eigenvalue weighted by Gasteiger charge is -2.31. The molecule has 2 amide bonds. The second kappa shape index (κ2) is 14.0. The van der Waals surface area contributed by atoms with Crippen LogP contribution in [0.25, 0.3) is 0 Å². The lowest BCUT2D eigenvalue weighted by atomic mass is 9.99. The van der Waals surface area contributed by atoms with Gasteiger partial charge in [-0.25, -0.2) is 10.9 Å². The van der Waals surface area contributed by atoms with E-state index in [-0.39, 0.29) is 47.6 Å². The molecule has 11 nitrogen and oxygen atoms in total. The Morgan fingerprint density at radius 1 is 0.955 bits per heavy atom. The van der Waals surface area contributed by atoms with Crippen LogP contribution < -0.4 is 31.1 Å². The van der Waals surface area contributed by atoms with Crippen molar-refractivity contribution in [2.45, 2.75) is 51.0 Å². The summed E-state index contributed by atoms with van der Waals surface area (Å²) in [5.41, 5.74) is 10.5. The number of carbonyl (C=O) groups excluding carboxylic acids is 2. The molecule has 0 bridgehead atoms. The highest BCUT2D eigenvalue weighted by Gasteiger charge is 2.40. The van der Waals surface area contributed by atoms with E-state index in [0.29, 0.717) is 23.9 Å². The number of fused-ring (bicyclic) bond motifs is 3. The maximum atomic E-state index is 13.2. The molecule has 1 saturated heterocycles. The van der Waals surface area contributed by atoms with E-state index in [4.69, 9.17) is 21.3 Å². The van der Waals surface area contributed by atoms with Crippen molar-refractivity contribution in [1.82, 2.24) is 21.5 Å². The number of hydrogen-bond acceptors (Lipinski definition) is 9. The SMILES string of the molecule is COc1ccc2c(c1)C(c1ccc(Cl)cc1)=NC(CC(=O)NCCCCCNC(=O)c1ccc(O)c(O)c1)C1NNC(C)N21. The van der Waals surface area contributed by atoms with Gasteiger partial charge in [-0.1, -0.05) is 23.7 Å². The van der Waals surface area contributed by atoms with E-state index in [1.165, 1.54) is 18.2 Å². The molecule has 0 aromatic heterocycles. The zero-order chi connectivity index (χ0) is 31.2. The van der Waals surface area contributed by atoms with Crippen LogP contribution in [-0.4, -0.2) is 66.3 Å². The molecule has 12 heteroatoms. The van der Waals surface area contributed by atoms with Gasteiger partial charge in [0.15, 0.2) is 11.5 Å². The highest BCUT2D eigenvalue weighted by molar-refractivity contribution is 6.30. The first-order chi connectivity index (χ1) is 21.2. The number of anilines is 1. The predicted octanol–water partition coefficient (Wildman–Crippen LogP) is 3.67. The molecular formula is C32H37ClN6O5. The summed E-state index contributed by atoms with van der Waals surface area (Å²) in [5.74, 6) is -0.319. The second-order valence-corrected chi connectivity index (χ2v) is 11.3. The number of amides is 2. The summed E-state index contributed by atoms with van der Waals surface area (Å²) in [4.78, 5) is 32.8. The summed E-state index contributed by atoms with van der Waals surface area (Å²) in [7, 11) is 1.63. The molecule has 2 aliphatic rings. The van der Waals surface area contributed by atoms with Gasteiger partial charge in [0.1, 0.15) is 11.9 Å². The van der Waals surface area contributed by atoms with Crippen molar-refractivity contribution in [1.29, 1.82) is 0 Å². The smallest absolute Gasteiger partial charge is 0.251 e. The van der Waals surface area contributed by atoms with E-state index in [2.05, 4.69) is 33.3 Å². The van der Waals surface area contributed by atoms with Gasteiger partial charge in [0.05, 0.1) is 31.4 Å². The van der Waals surface area contributed by atoms with Gasteiger partial charge in [-0.3, -0.25) is 14.6 Å². The van der Waals surface area contributed by atoms with Crippen LogP contribution in [0.1, 0.15) is 54.1 Å². The average molecular weight is 621 g/mol. The minimum atomic E-state index is -0.397. The normalized spacial score (nSPS) is 18.9. The van der Waals surface area contributed by atoms with Crippen LogP contribution in [-0.2, 0) is 4.79 Å². The number of methoxy groups -OCH3 is 1. The summed E-state index contributed by atoms with van der Waals surface area (Å²) in [6, 6.07) is 17.0.